The number of amides is 3. The Labute approximate surface area is 157 Å². The number of methoxy groups -OCH3 is 1. The number of hydrogen-bond donors (Lipinski definition) is 0. The molecule has 0 bridgehead atoms. The van der Waals surface area contributed by atoms with Crippen LogP contribution in [0.2, 0.25) is 0 Å². The average Bonchev–Trinajstić information content (AvgIpc) is 2.98. The Morgan fingerprint density at radius 3 is 2.07 bits per heavy atom. The summed E-state index contributed by atoms with van der Waals surface area (Å²) in [7, 11) is 1.54. The summed E-state index contributed by atoms with van der Waals surface area (Å²) in [4.78, 5) is 41.2. The van der Waals surface area contributed by atoms with Gasteiger partial charge in [-0.3, -0.25) is 19.3 Å². The van der Waals surface area contributed by atoms with E-state index in [0.717, 1.165) is 0 Å². The highest BCUT2D eigenvalue weighted by molar-refractivity contribution is 6.21. The number of para-hydroxylation sites is 1. The molecule has 27 heavy (non-hydrogen) atoms. The predicted molar refractivity (Wildman–Crippen MR) is 98.9 cm³/mol. The van der Waals surface area contributed by atoms with Crippen LogP contribution in [-0.2, 0) is 0 Å². The van der Waals surface area contributed by atoms with Crippen LogP contribution in [0.5, 0.6) is 5.75 Å². The summed E-state index contributed by atoms with van der Waals surface area (Å²) in [6.07, 6.45) is 1.15. The molecule has 1 fully saturated rings. The van der Waals surface area contributed by atoms with Gasteiger partial charge in [-0.25, -0.2) is 0 Å². The van der Waals surface area contributed by atoms with Crippen molar-refractivity contribution in [2.24, 2.45) is 0 Å². The Bertz CT molecular complexity index is 881. The normalized spacial score (nSPS) is 17.2. The Hall–Kier alpha value is -3.15. The second-order valence-electron chi connectivity index (χ2n) is 6.75. The minimum absolute atomic E-state index is 0.0896. The standard InChI is InChI=1S/C21H20N2O4/c1-27-18-9-5-4-8-17(18)19(24)22-12-10-14(11-13-22)23-20(25)15-6-2-3-7-16(15)21(23)26/h2-9,14H,10-13H2,1H3. The molecule has 3 amide bonds. The lowest BCUT2D eigenvalue weighted by atomic mass is 10.0. The van der Waals surface area contributed by atoms with Crippen LogP contribution in [0.25, 0.3) is 0 Å². The van der Waals surface area contributed by atoms with Gasteiger partial charge in [0.2, 0.25) is 0 Å². The number of likely N-dealkylation sites (tertiary alicyclic amines) is 1. The van der Waals surface area contributed by atoms with Gasteiger partial charge in [0, 0.05) is 19.1 Å². The number of carbonyl (C=O) groups excluding carboxylic acids is 3. The van der Waals surface area contributed by atoms with E-state index in [2.05, 4.69) is 0 Å². The fourth-order valence-corrected chi connectivity index (χ4v) is 3.86. The Kier molecular flexibility index (Phi) is 4.39. The second-order valence-corrected chi connectivity index (χ2v) is 6.75. The van der Waals surface area contributed by atoms with Crippen molar-refractivity contribution in [2.45, 2.75) is 18.9 Å². The number of fused-ring (bicyclic) bond motifs is 1. The highest BCUT2D eigenvalue weighted by Gasteiger charge is 2.41. The van der Waals surface area contributed by atoms with E-state index in [0.29, 0.717) is 48.4 Å². The highest BCUT2D eigenvalue weighted by atomic mass is 16.5. The summed E-state index contributed by atoms with van der Waals surface area (Å²) >= 11 is 0. The summed E-state index contributed by atoms with van der Waals surface area (Å²) in [6, 6.07) is 13.9. The molecule has 6 nitrogen and oxygen atoms in total. The van der Waals surface area contributed by atoms with Crippen LogP contribution < -0.4 is 4.74 Å². The Morgan fingerprint density at radius 2 is 1.48 bits per heavy atom. The van der Waals surface area contributed by atoms with Crippen molar-refractivity contribution < 1.29 is 19.1 Å². The number of piperidine rings is 1. The van der Waals surface area contributed by atoms with Crippen molar-refractivity contribution >= 4 is 17.7 Å². The first-order valence-electron chi connectivity index (χ1n) is 9.01. The SMILES string of the molecule is COc1ccccc1C(=O)N1CCC(N2C(=O)c3ccccc3C2=O)CC1. The topological polar surface area (TPSA) is 66.9 Å². The molecule has 2 aliphatic rings. The van der Waals surface area contributed by atoms with Crippen molar-refractivity contribution in [3.8, 4) is 5.75 Å². The number of nitrogens with zero attached hydrogens (tertiary/aromatic N) is 2. The molecule has 0 radical (unpaired) electrons. The van der Waals surface area contributed by atoms with Gasteiger partial charge in [-0.2, -0.15) is 0 Å². The van der Waals surface area contributed by atoms with Crippen molar-refractivity contribution in [3.63, 3.8) is 0 Å². The third-order valence-electron chi connectivity index (χ3n) is 5.28. The van der Waals surface area contributed by atoms with Gasteiger partial charge < -0.3 is 9.64 Å². The van der Waals surface area contributed by atoms with E-state index >= 15 is 0 Å². The number of hydrogen-bond acceptors (Lipinski definition) is 4. The molecule has 0 N–H and O–H groups in total. The van der Waals surface area contributed by atoms with Crippen LogP contribution in [0.3, 0.4) is 0 Å². The maximum absolute atomic E-state index is 12.8. The summed E-state index contributed by atoms with van der Waals surface area (Å²) in [5.41, 5.74) is 1.46. The molecule has 0 saturated carbocycles. The van der Waals surface area contributed by atoms with Crippen molar-refractivity contribution in [1.29, 1.82) is 0 Å². The van der Waals surface area contributed by atoms with E-state index in [1.54, 1.807) is 54.5 Å². The molecule has 2 aliphatic heterocycles. The average molecular weight is 364 g/mol. The zero-order valence-electron chi connectivity index (χ0n) is 15.1. The smallest absolute Gasteiger partial charge is 0.261 e. The maximum Gasteiger partial charge on any atom is 0.261 e. The second kappa shape index (κ2) is 6.87. The minimum atomic E-state index is -0.231. The van der Waals surface area contributed by atoms with E-state index in [1.807, 2.05) is 6.07 Å². The van der Waals surface area contributed by atoms with Gasteiger partial charge in [-0.05, 0) is 37.1 Å². The van der Waals surface area contributed by atoms with Gasteiger partial charge in [-0.15, -0.1) is 0 Å². The van der Waals surface area contributed by atoms with E-state index < -0.39 is 0 Å². The molecule has 2 aromatic rings. The third kappa shape index (κ3) is 2.87. The number of imide groups is 1. The van der Waals surface area contributed by atoms with Gasteiger partial charge in [0.05, 0.1) is 23.8 Å². The third-order valence-corrected chi connectivity index (χ3v) is 5.28. The molecule has 0 spiro atoms. The summed E-state index contributed by atoms with van der Waals surface area (Å²) < 4.78 is 5.28. The molecule has 2 heterocycles. The number of benzene rings is 2. The predicted octanol–water partition coefficient (Wildman–Crippen LogP) is 2.60. The molecule has 0 aliphatic carbocycles. The van der Waals surface area contributed by atoms with Crippen molar-refractivity contribution in [3.05, 3.63) is 65.2 Å². The van der Waals surface area contributed by atoms with E-state index in [4.69, 9.17) is 4.74 Å². The minimum Gasteiger partial charge on any atom is -0.496 e. The van der Waals surface area contributed by atoms with Crippen LogP contribution in [-0.4, -0.2) is 53.8 Å². The van der Waals surface area contributed by atoms with Gasteiger partial charge in [0.25, 0.3) is 17.7 Å². The van der Waals surface area contributed by atoms with Crippen LogP contribution in [0.4, 0.5) is 0 Å². The largest absolute Gasteiger partial charge is 0.496 e. The van der Waals surface area contributed by atoms with E-state index in [-0.39, 0.29) is 23.8 Å². The number of ether oxygens (including phenoxy) is 1. The summed E-state index contributed by atoms with van der Waals surface area (Å²) in [5, 5.41) is 0. The lowest BCUT2D eigenvalue weighted by molar-refractivity contribution is 0.0478. The molecular formula is C21H20N2O4. The zero-order valence-corrected chi connectivity index (χ0v) is 15.1. The molecule has 138 valence electrons. The van der Waals surface area contributed by atoms with Crippen LogP contribution in [0, 0.1) is 0 Å². The van der Waals surface area contributed by atoms with Crippen LogP contribution in [0.15, 0.2) is 48.5 Å². The van der Waals surface area contributed by atoms with Crippen LogP contribution >= 0.6 is 0 Å². The van der Waals surface area contributed by atoms with Crippen molar-refractivity contribution in [2.75, 3.05) is 20.2 Å². The Balaban J connectivity index is 1.46. The number of rotatable bonds is 3. The molecule has 0 unspecified atom stereocenters. The van der Waals surface area contributed by atoms with E-state index in [9.17, 15) is 14.4 Å². The fraction of sp³-hybridized carbons (Fsp3) is 0.286. The molecule has 0 aromatic heterocycles. The fourth-order valence-electron chi connectivity index (χ4n) is 3.86. The highest BCUT2D eigenvalue weighted by Crippen LogP contribution is 2.29. The molecule has 2 aromatic carbocycles. The first-order chi connectivity index (χ1) is 13.1. The lowest BCUT2D eigenvalue weighted by Gasteiger charge is -2.35. The molecule has 4 rings (SSSR count). The molecule has 1 saturated heterocycles. The Morgan fingerprint density at radius 1 is 0.926 bits per heavy atom. The molecular weight excluding hydrogens is 344 g/mol. The quantitative estimate of drug-likeness (QED) is 0.785. The number of carbonyl (C=O) groups is 3. The van der Waals surface area contributed by atoms with Crippen LogP contribution in [0.1, 0.15) is 43.9 Å². The van der Waals surface area contributed by atoms with E-state index in [1.165, 1.54) is 4.90 Å². The monoisotopic (exact) mass is 364 g/mol. The molecule has 0 atom stereocenters. The van der Waals surface area contributed by atoms with Gasteiger partial charge in [0.1, 0.15) is 5.75 Å². The molecule has 6 heteroatoms. The summed E-state index contributed by atoms with van der Waals surface area (Å²) in [5.74, 6) is -0.00607. The van der Waals surface area contributed by atoms with Gasteiger partial charge >= 0.3 is 0 Å². The summed E-state index contributed by atoms with van der Waals surface area (Å²) in [6.45, 7) is 0.990. The van der Waals surface area contributed by atoms with Crippen molar-refractivity contribution in [1.82, 2.24) is 9.80 Å². The van der Waals surface area contributed by atoms with Gasteiger partial charge in [-0.1, -0.05) is 24.3 Å². The first-order valence-corrected chi connectivity index (χ1v) is 9.01. The lowest BCUT2D eigenvalue weighted by Crippen LogP contribution is -2.48. The zero-order chi connectivity index (χ0) is 19.0. The maximum atomic E-state index is 12.8. The van der Waals surface area contributed by atoms with Gasteiger partial charge in [0.15, 0.2) is 0 Å². The first kappa shape index (κ1) is 17.3.